The molecule has 0 spiro atoms. The highest BCUT2D eigenvalue weighted by Gasteiger charge is 2.15. The van der Waals surface area contributed by atoms with Gasteiger partial charge in [0.25, 0.3) is 0 Å². The molecule has 2 heterocycles. The Morgan fingerprint density at radius 2 is 2.08 bits per heavy atom. The Labute approximate surface area is 156 Å². The van der Waals surface area contributed by atoms with Gasteiger partial charge in [-0.1, -0.05) is 31.2 Å². The molecule has 0 atom stereocenters. The van der Waals surface area contributed by atoms with Gasteiger partial charge in [-0.15, -0.1) is 11.3 Å². The van der Waals surface area contributed by atoms with Crippen molar-refractivity contribution in [3.63, 3.8) is 0 Å². The second-order valence-corrected chi connectivity index (χ2v) is 7.64. The van der Waals surface area contributed by atoms with Crippen molar-refractivity contribution in [3.05, 3.63) is 51.0 Å². The van der Waals surface area contributed by atoms with E-state index < -0.39 is 0 Å². The number of aliphatic imine (C=N–C) groups is 1. The summed E-state index contributed by atoms with van der Waals surface area (Å²) in [5.74, 6) is 0.439. The van der Waals surface area contributed by atoms with E-state index in [-0.39, 0.29) is 11.6 Å². The Morgan fingerprint density at radius 3 is 2.88 bits per heavy atom. The standard InChI is InChI=1S/C19H20N2O2S2/c1-13(22)7-3-2-6-10-21-18(23)17(25-19(21)24)11-14-12-20-16-9-5-4-8-15(14)16/h4-5,8-9,11-12,22-23H,1-3,6-7,10H2. The summed E-state index contributed by atoms with van der Waals surface area (Å²) in [4.78, 5) is 5.15. The first-order valence-electron chi connectivity index (χ1n) is 8.21. The van der Waals surface area contributed by atoms with Gasteiger partial charge in [0.05, 0.1) is 16.3 Å². The number of fused-ring (bicyclic) bond motifs is 1. The number of unbranched alkanes of at least 4 members (excludes halogenated alkanes) is 2. The van der Waals surface area contributed by atoms with Gasteiger partial charge in [0.15, 0.2) is 3.95 Å². The quantitative estimate of drug-likeness (QED) is 0.363. The van der Waals surface area contributed by atoms with Gasteiger partial charge in [0, 0.05) is 30.3 Å². The molecule has 0 saturated heterocycles. The Morgan fingerprint density at radius 1 is 1.28 bits per heavy atom. The summed E-state index contributed by atoms with van der Waals surface area (Å²) in [6.45, 7) is 4.16. The number of hydrogen-bond donors (Lipinski definition) is 2. The zero-order valence-electron chi connectivity index (χ0n) is 13.8. The van der Waals surface area contributed by atoms with Crippen LogP contribution in [0, 0.1) is 3.95 Å². The maximum atomic E-state index is 10.5. The van der Waals surface area contributed by atoms with Crippen molar-refractivity contribution in [1.29, 1.82) is 0 Å². The fraction of sp³-hybridized carbons (Fsp3) is 0.263. The van der Waals surface area contributed by atoms with Gasteiger partial charge in [-0.3, -0.25) is 9.56 Å². The fourth-order valence-corrected chi connectivity index (χ4v) is 4.09. The van der Waals surface area contributed by atoms with Gasteiger partial charge < -0.3 is 10.2 Å². The summed E-state index contributed by atoms with van der Waals surface area (Å²) in [6, 6.07) is 7.94. The molecule has 130 valence electrons. The topological polar surface area (TPSA) is 57.8 Å². The summed E-state index contributed by atoms with van der Waals surface area (Å²) >= 11 is 6.81. The zero-order chi connectivity index (χ0) is 17.8. The maximum absolute atomic E-state index is 10.5. The Balaban J connectivity index is 1.73. The van der Waals surface area contributed by atoms with Crippen molar-refractivity contribution in [2.45, 2.75) is 32.2 Å². The number of aliphatic hydroxyl groups is 1. The smallest absolute Gasteiger partial charge is 0.210 e. The first-order valence-corrected chi connectivity index (χ1v) is 9.43. The average molecular weight is 373 g/mol. The van der Waals surface area contributed by atoms with Gasteiger partial charge >= 0.3 is 0 Å². The molecule has 1 aromatic carbocycles. The highest BCUT2D eigenvalue weighted by atomic mass is 32.1. The number of benzene rings is 1. The molecule has 1 aliphatic rings. The average Bonchev–Trinajstić information content (AvgIpc) is 3.10. The lowest BCUT2D eigenvalue weighted by Crippen LogP contribution is -1.97. The number of rotatable bonds is 7. The summed E-state index contributed by atoms with van der Waals surface area (Å²) < 4.78 is 2.44. The molecule has 1 aliphatic heterocycles. The van der Waals surface area contributed by atoms with Crippen LogP contribution in [-0.2, 0) is 6.54 Å². The third-order valence-corrected chi connectivity index (χ3v) is 5.47. The Kier molecular flexibility index (Phi) is 5.50. The molecular formula is C19H20N2O2S2. The molecule has 0 aliphatic carbocycles. The van der Waals surface area contributed by atoms with E-state index in [9.17, 15) is 5.11 Å². The van der Waals surface area contributed by atoms with Crippen molar-refractivity contribution >= 4 is 47.1 Å². The predicted octanol–water partition coefficient (Wildman–Crippen LogP) is 5.87. The van der Waals surface area contributed by atoms with E-state index in [1.165, 1.54) is 11.3 Å². The molecule has 0 saturated carbocycles. The van der Waals surface area contributed by atoms with Crippen molar-refractivity contribution in [1.82, 2.24) is 4.57 Å². The monoisotopic (exact) mass is 372 g/mol. The molecule has 0 radical (unpaired) electrons. The van der Waals surface area contributed by atoms with E-state index in [0.717, 1.165) is 41.0 Å². The first-order chi connectivity index (χ1) is 12.1. The molecule has 3 rings (SSSR count). The maximum Gasteiger partial charge on any atom is 0.210 e. The van der Waals surface area contributed by atoms with E-state index in [1.54, 1.807) is 4.57 Å². The fourth-order valence-electron chi connectivity index (χ4n) is 2.78. The normalized spacial score (nSPS) is 14.2. The summed E-state index contributed by atoms with van der Waals surface area (Å²) in [6.07, 6.45) is 7.12. The molecule has 2 aromatic rings. The number of aromatic nitrogens is 1. The number of aromatic hydroxyl groups is 1. The second-order valence-electron chi connectivity index (χ2n) is 5.96. The summed E-state index contributed by atoms with van der Waals surface area (Å²) in [5, 5.41) is 19.6. The van der Waals surface area contributed by atoms with Crippen molar-refractivity contribution in [3.8, 4) is 5.88 Å². The molecule has 0 fully saturated rings. The minimum atomic E-state index is 0.215. The molecular weight excluding hydrogens is 352 g/mol. The lowest BCUT2D eigenvalue weighted by molar-refractivity contribution is 0.379. The van der Waals surface area contributed by atoms with Crippen LogP contribution < -0.4 is 0 Å². The van der Waals surface area contributed by atoms with Gasteiger partial charge in [0.2, 0.25) is 5.88 Å². The van der Waals surface area contributed by atoms with Gasteiger partial charge in [0.1, 0.15) is 0 Å². The van der Waals surface area contributed by atoms with Crippen molar-refractivity contribution in [2.75, 3.05) is 0 Å². The molecule has 25 heavy (non-hydrogen) atoms. The van der Waals surface area contributed by atoms with Crippen LogP contribution in [0.15, 0.2) is 41.6 Å². The number of aliphatic hydroxyl groups excluding tert-OH is 1. The van der Waals surface area contributed by atoms with Gasteiger partial charge in [-0.05, 0) is 37.2 Å². The van der Waals surface area contributed by atoms with Crippen molar-refractivity contribution < 1.29 is 10.2 Å². The Hall–Kier alpha value is -2.18. The predicted molar refractivity (Wildman–Crippen MR) is 108 cm³/mol. The lowest BCUT2D eigenvalue weighted by atomic mass is 10.1. The largest absolute Gasteiger partial charge is 0.513 e. The van der Waals surface area contributed by atoms with Crippen LogP contribution in [0.4, 0.5) is 5.69 Å². The molecule has 0 amide bonds. The molecule has 0 bridgehead atoms. The molecule has 0 unspecified atom stereocenters. The minimum Gasteiger partial charge on any atom is -0.513 e. The Bertz CT molecular complexity index is 906. The third kappa shape index (κ3) is 4.08. The number of para-hydroxylation sites is 1. The molecule has 6 heteroatoms. The van der Waals surface area contributed by atoms with E-state index in [4.69, 9.17) is 17.3 Å². The van der Waals surface area contributed by atoms with Crippen LogP contribution >= 0.6 is 23.6 Å². The van der Waals surface area contributed by atoms with E-state index in [0.29, 0.717) is 16.9 Å². The third-order valence-electron chi connectivity index (χ3n) is 4.09. The van der Waals surface area contributed by atoms with Crippen LogP contribution in [0.1, 0.15) is 36.1 Å². The van der Waals surface area contributed by atoms with Crippen LogP contribution in [0.25, 0.3) is 11.6 Å². The number of nitrogens with zero attached hydrogens (tertiary/aromatic N) is 2. The zero-order valence-corrected chi connectivity index (χ0v) is 15.4. The number of hydrogen-bond acceptors (Lipinski definition) is 5. The van der Waals surface area contributed by atoms with Gasteiger partial charge in [-0.2, -0.15) is 0 Å². The van der Waals surface area contributed by atoms with E-state index in [1.807, 2.05) is 36.6 Å². The SMILES string of the molecule is C=C(O)CCCCCn1c(O)c(C=C2C=Nc3ccccc32)sc1=S. The highest BCUT2D eigenvalue weighted by molar-refractivity contribution is 7.73. The van der Waals surface area contributed by atoms with E-state index in [2.05, 4.69) is 11.6 Å². The van der Waals surface area contributed by atoms with Gasteiger partial charge in [-0.25, -0.2) is 0 Å². The summed E-state index contributed by atoms with van der Waals surface area (Å²) in [5.41, 5.74) is 2.99. The minimum absolute atomic E-state index is 0.215. The molecule has 1 aromatic heterocycles. The lowest BCUT2D eigenvalue weighted by Gasteiger charge is -2.05. The van der Waals surface area contributed by atoms with E-state index >= 15 is 0 Å². The van der Waals surface area contributed by atoms with Crippen LogP contribution in [0.3, 0.4) is 0 Å². The summed E-state index contributed by atoms with van der Waals surface area (Å²) in [7, 11) is 0. The highest BCUT2D eigenvalue weighted by Crippen LogP contribution is 2.35. The van der Waals surface area contributed by atoms with Crippen LogP contribution in [-0.4, -0.2) is 21.0 Å². The molecule has 2 N–H and O–H groups in total. The number of thiazole rings is 1. The molecule has 4 nitrogen and oxygen atoms in total. The van der Waals surface area contributed by atoms with Crippen LogP contribution in [0.5, 0.6) is 5.88 Å². The van der Waals surface area contributed by atoms with Crippen LogP contribution in [0.2, 0.25) is 0 Å². The number of allylic oxidation sites excluding steroid dienone is 2. The second kappa shape index (κ2) is 7.80. The first kappa shape index (κ1) is 17.6. The van der Waals surface area contributed by atoms with Crippen molar-refractivity contribution in [2.24, 2.45) is 4.99 Å².